The van der Waals surface area contributed by atoms with Crippen molar-refractivity contribution in [1.29, 1.82) is 0 Å². The lowest BCUT2D eigenvalue weighted by Gasteiger charge is -2.32. The van der Waals surface area contributed by atoms with E-state index < -0.39 is 24.3 Å². The molecule has 0 aliphatic heterocycles. The number of aliphatic hydroxyl groups excluding tert-OH is 2. The lowest BCUT2D eigenvalue weighted by Crippen LogP contribution is -2.42. The summed E-state index contributed by atoms with van der Waals surface area (Å²) in [5.41, 5.74) is -0.892. The van der Waals surface area contributed by atoms with E-state index in [-0.39, 0.29) is 6.15 Å². The second-order valence-corrected chi connectivity index (χ2v) is 7.97. The van der Waals surface area contributed by atoms with E-state index in [4.69, 9.17) is 9.84 Å². The van der Waals surface area contributed by atoms with Crippen LogP contribution in [0.5, 0.6) is 0 Å². The van der Waals surface area contributed by atoms with Gasteiger partial charge in [-0.3, -0.25) is 0 Å². The Morgan fingerprint density at radius 1 is 0.852 bits per heavy atom. The topological polar surface area (TPSA) is 102 Å². The molecule has 0 fully saturated rings. The molecule has 0 aromatic heterocycles. The number of unbranched alkanes of at least 4 members (excludes halogenated alkanes) is 13. The van der Waals surface area contributed by atoms with E-state index in [2.05, 4.69) is 6.92 Å². The summed E-state index contributed by atoms with van der Waals surface area (Å²) >= 11 is 0. The maximum atomic E-state index is 11.3. The molecule has 0 rings (SSSR count). The predicted octanol–water partition coefficient (Wildman–Crippen LogP) is 5.69. The van der Waals surface area contributed by atoms with Gasteiger partial charge in [0, 0.05) is 0 Å². The van der Waals surface area contributed by atoms with Gasteiger partial charge in [0.15, 0.2) is 0 Å². The number of ether oxygens (including phenoxy) is 1. The Kier molecular flexibility index (Phi) is 19.8. The molecule has 0 radical (unpaired) electrons. The molecule has 0 aromatic carbocycles. The van der Waals surface area contributed by atoms with E-state index in [0.717, 1.165) is 12.8 Å². The molecule has 0 amide bonds. The van der Waals surface area contributed by atoms with Crippen LogP contribution in [-0.4, -0.2) is 34.5 Å². The molecule has 0 saturated carbocycles. The largest absolute Gasteiger partial charge is 0.455 e. The van der Waals surface area contributed by atoms with E-state index in [1.807, 2.05) is 0 Å². The molecule has 0 bridgehead atoms. The van der Waals surface area contributed by atoms with Gasteiger partial charge in [-0.15, -0.1) is 0 Å². The zero-order valence-electron chi connectivity index (χ0n) is 18.3. The Labute approximate surface area is 167 Å². The highest BCUT2D eigenvalue weighted by atomic mass is 16.6. The van der Waals surface area contributed by atoms with Crippen LogP contribution < -0.4 is 6.15 Å². The van der Waals surface area contributed by atoms with Gasteiger partial charge in [0.1, 0.15) is 12.2 Å². The molecule has 5 N–H and O–H groups in total. The monoisotopic (exact) mass is 389 g/mol. The molecule has 0 spiro atoms. The van der Waals surface area contributed by atoms with Crippen molar-refractivity contribution in [3.05, 3.63) is 0 Å². The number of hydrogen-bond donors (Lipinski definition) is 3. The molecule has 27 heavy (non-hydrogen) atoms. The maximum absolute atomic E-state index is 11.3. The first-order valence-corrected chi connectivity index (χ1v) is 11.0. The fourth-order valence-electron chi connectivity index (χ4n) is 3.31. The van der Waals surface area contributed by atoms with Gasteiger partial charge in [0.25, 0.3) is 0 Å². The second-order valence-electron chi connectivity index (χ2n) is 7.97. The highest BCUT2D eigenvalue weighted by molar-refractivity contribution is 5.70. The molecule has 0 aromatic rings. The van der Waals surface area contributed by atoms with E-state index in [9.17, 15) is 9.90 Å². The fraction of sp³-hybridized carbons (Fsp3) is 0.955. The summed E-state index contributed by atoms with van der Waals surface area (Å²) in [4.78, 5) is 11.3. The third kappa shape index (κ3) is 16.0. The van der Waals surface area contributed by atoms with E-state index in [1.54, 1.807) is 13.8 Å². The van der Waals surface area contributed by atoms with Gasteiger partial charge in [-0.1, -0.05) is 90.4 Å². The SMILES string of the molecule is CCCCCCCCCCCCCCCCC(C)(OC(=O)CO)C(C)O.N. The Bertz CT molecular complexity index is 336. The van der Waals surface area contributed by atoms with E-state index in [0.29, 0.717) is 6.42 Å². The zero-order chi connectivity index (χ0) is 19.7. The lowest BCUT2D eigenvalue weighted by atomic mass is 9.92. The standard InChI is InChI=1S/C22H44O4.H3N/c1-4-5-6-7-8-9-10-11-12-13-14-15-16-17-18-22(3,20(2)24)26-21(25)19-23;/h20,23-24H,4-19H2,1-3H3;1H3. The van der Waals surface area contributed by atoms with Crippen LogP contribution in [0.1, 0.15) is 117 Å². The molecule has 0 aliphatic rings. The number of esters is 1. The maximum Gasteiger partial charge on any atom is 0.332 e. The first-order chi connectivity index (χ1) is 12.5. The van der Waals surface area contributed by atoms with Crippen molar-refractivity contribution >= 4 is 5.97 Å². The van der Waals surface area contributed by atoms with Crippen molar-refractivity contribution in [3.8, 4) is 0 Å². The van der Waals surface area contributed by atoms with Gasteiger partial charge in [-0.05, 0) is 26.7 Å². The Balaban J connectivity index is 0. The molecular formula is C22H47NO4. The zero-order valence-corrected chi connectivity index (χ0v) is 18.3. The molecular weight excluding hydrogens is 342 g/mol. The van der Waals surface area contributed by atoms with E-state index in [1.165, 1.54) is 77.0 Å². The summed E-state index contributed by atoms with van der Waals surface area (Å²) in [6.07, 6.45) is 18.1. The van der Waals surface area contributed by atoms with Gasteiger partial charge in [-0.25, -0.2) is 4.79 Å². The summed E-state index contributed by atoms with van der Waals surface area (Å²) in [5, 5.41) is 18.7. The highest BCUT2D eigenvalue weighted by Crippen LogP contribution is 2.24. The molecule has 164 valence electrons. The highest BCUT2D eigenvalue weighted by Gasteiger charge is 2.33. The van der Waals surface area contributed by atoms with E-state index >= 15 is 0 Å². The second kappa shape index (κ2) is 18.7. The van der Waals surface area contributed by atoms with Crippen molar-refractivity contribution in [1.82, 2.24) is 6.15 Å². The number of hydrogen-bond acceptors (Lipinski definition) is 5. The van der Waals surface area contributed by atoms with Crippen LogP contribution in [0.4, 0.5) is 0 Å². The van der Waals surface area contributed by atoms with Crippen LogP contribution in [0.3, 0.4) is 0 Å². The molecule has 5 nitrogen and oxygen atoms in total. The molecule has 0 saturated heterocycles. The first kappa shape index (κ1) is 28.6. The first-order valence-electron chi connectivity index (χ1n) is 11.0. The predicted molar refractivity (Wildman–Crippen MR) is 113 cm³/mol. The third-order valence-electron chi connectivity index (χ3n) is 5.39. The lowest BCUT2D eigenvalue weighted by molar-refractivity contribution is -0.173. The Morgan fingerprint density at radius 2 is 1.22 bits per heavy atom. The van der Waals surface area contributed by atoms with Crippen molar-refractivity contribution in [3.63, 3.8) is 0 Å². The molecule has 0 aliphatic carbocycles. The molecule has 2 unspecified atom stereocenters. The van der Waals surface area contributed by atoms with Gasteiger partial charge >= 0.3 is 5.97 Å². The van der Waals surface area contributed by atoms with Gasteiger partial charge in [-0.2, -0.15) is 0 Å². The van der Waals surface area contributed by atoms with Crippen LogP contribution in [0.2, 0.25) is 0 Å². The number of aliphatic hydroxyl groups is 2. The van der Waals surface area contributed by atoms with Crippen LogP contribution in [-0.2, 0) is 9.53 Å². The van der Waals surface area contributed by atoms with Crippen LogP contribution in [0.25, 0.3) is 0 Å². The minimum atomic E-state index is -0.892. The van der Waals surface area contributed by atoms with Crippen LogP contribution in [0.15, 0.2) is 0 Å². The molecule has 2 atom stereocenters. The Hall–Kier alpha value is -0.650. The minimum absolute atomic E-state index is 0. The van der Waals surface area contributed by atoms with Gasteiger partial charge < -0.3 is 21.1 Å². The number of carbonyl (C=O) groups is 1. The average molecular weight is 390 g/mol. The number of carbonyl (C=O) groups excluding carboxylic acids is 1. The summed E-state index contributed by atoms with van der Waals surface area (Å²) in [7, 11) is 0. The van der Waals surface area contributed by atoms with Gasteiger partial charge in [0.2, 0.25) is 0 Å². The normalized spacial score (nSPS) is 14.3. The van der Waals surface area contributed by atoms with Crippen molar-refractivity contribution < 1.29 is 19.7 Å². The van der Waals surface area contributed by atoms with Crippen LogP contribution >= 0.6 is 0 Å². The van der Waals surface area contributed by atoms with Crippen molar-refractivity contribution in [2.24, 2.45) is 0 Å². The quantitative estimate of drug-likeness (QED) is 0.206. The minimum Gasteiger partial charge on any atom is -0.455 e. The Morgan fingerprint density at radius 3 is 1.56 bits per heavy atom. The van der Waals surface area contributed by atoms with Crippen molar-refractivity contribution in [2.45, 2.75) is 129 Å². The third-order valence-corrected chi connectivity index (χ3v) is 5.39. The summed E-state index contributed by atoms with van der Waals surface area (Å²) in [6.45, 7) is 5.00. The fourth-order valence-corrected chi connectivity index (χ4v) is 3.31. The summed E-state index contributed by atoms with van der Waals surface area (Å²) in [5.74, 6) is -0.668. The molecule has 0 heterocycles. The molecule has 5 heteroatoms. The summed E-state index contributed by atoms with van der Waals surface area (Å²) in [6, 6.07) is 0. The smallest absolute Gasteiger partial charge is 0.332 e. The van der Waals surface area contributed by atoms with Gasteiger partial charge in [0.05, 0.1) is 6.10 Å². The average Bonchev–Trinajstić information content (AvgIpc) is 2.61. The number of rotatable bonds is 18. The van der Waals surface area contributed by atoms with Crippen molar-refractivity contribution in [2.75, 3.05) is 6.61 Å². The van der Waals surface area contributed by atoms with Crippen LogP contribution in [0, 0.1) is 0 Å². The summed E-state index contributed by atoms with van der Waals surface area (Å²) < 4.78 is 5.22.